The summed E-state index contributed by atoms with van der Waals surface area (Å²) >= 11 is 3.43. The third-order valence-corrected chi connectivity index (χ3v) is 4.48. The number of aryl methyl sites for hydroxylation is 1. The number of rotatable bonds is 5. The maximum absolute atomic E-state index is 12.1. The van der Waals surface area contributed by atoms with Crippen molar-refractivity contribution in [1.29, 1.82) is 0 Å². The number of nitrogens with zero attached hydrogens (tertiary/aromatic N) is 2. The molecule has 4 rings (SSSR count). The number of carbonyl (C=O) groups excluding carboxylic acids is 1. The van der Waals surface area contributed by atoms with Gasteiger partial charge in [-0.2, -0.15) is 0 Å². The topological polar surface area (TPSA) is 64.9 Å². The summed E-state index contributed by atoms with van der Waals surface area (Å²) < 4.78 is 13.5. The number of nitrogens with one attached hydrogen (secondary N) is 1. The van der Waals surface area contributed by atoms with Crippen LogP contribution in [0.1, 0.15) is 17.7 Å². The van der Waals surface area contributed by atoms with E-state index in [-0.39, 0.29) is 12.7 Å². The molecule has 0 saturated carbocycles. The minimum absolute atomic E-state index is 0.00379. The van der Waals surface area contributed by atoms with Crippen molar-refractivity contribution in [3.8, 4) is 11.5 Å². The highest BCUT2D eigenvalue weighted by Crippen LogP contribution is 2.32. The Morgan fingerprint density at radius 3 is 3.00 bits per heavy atom. The first-order valence-electron chi connectivity index (χ1n) is 7.96. The van der Waals surface area contributed by atoms with Crippen molar-refractivity contribution in [2.45, 2.75) is 19.4 Å². The van der Waals surface area contributed by atoms with Gasteiger partial charge in [0, 0.05) is 23.3 Å². The third-order valence-electron chi connectivity index (χ3n) is 4.01. The number of hydrogen-bond acceptors (Lipinski definition) is 4. The van der Waals surface area contributed by atoms with Crippen LogP contribution in [-0.4, -0.2) is 22.1 Å². The van der Waals surface area contributed by atoms with E-state index in [2.05, 4.69) is 26.2 Å². The molecule has 1 aliphatic heterocycles. The zero-order valence-corrected chi connectivity index (χ0v) is 15.0. The number of halogens is 1. The highest BCUT2D eigenvalue weighted by Gasteiger charge is 2.13. The molecule has 0 aliphatic carbocycles. The molecule has 1 aromatic carbocycles. The van der Waals surface area contributed by atoms with Gasteiger partial charge in [0.1, 0.15) is 5.65 Å². The van der Waals surface area contributed by atoms with Gasteiger partial charge in [-0.1, -0.05) is 6.07 Å². The summed E-state index contributed by atoms with van der Waals surface area (Å²) in [5.41, 5.74) is 2.74. The molecule has 1 aliphatic rings. The Balaban J connectivity index is 1.31. The lowest BCUT2D eigenvalue weighted by molar-refractivity contribution is -0.121. The summed E-state index contributed by atoms with van der Waals surface area (Å²) in [5, 5.41) is 2.91. The Morgan fingerprint density at radius 2 is 2.08 bits per heavy atom. The molecule has 1 amide bonds. The number of carbonyl (C=O) groups is 1. The first-order chi connectivity index (χ1) is 12.2. The first kappa shape index (κ1) is 16.0. The number of imidazole rings is 1. The summed E-state index contributed by atoms with van der Waals surface area (Å²) in [6.45, 7) is 0.675. The minimum Gasteiger partial charge on any atom is -0.454 e. The smallest absolute Gasteiger partial charge is 0.231 e. The highest BCUT2D eigenvalue weighted by molar-refractivity contribution is 9.10. The van der Waals surface area contributed by atoms with Crippen LogP contribution in [0.5, 0.6) is 11.5 Å². The Bertz CT molecular complexity index is 938. The van der Waals surface area contributed by atoms with Crippen molar-refractivity contribution in [3.63, 3.8) is 0 Å². The average Bonchev–Trinajstić information content (AvgIpc) is 3.23. The van der Waals surface area contributed by atoms with Crippen molar-refractivity contribution >= 4 is 27.5 Å². The molecule has 0 fully saturated rings. The van der Waals surface area contributed by atoms with Gasteiger partial charge in [0.05, 0.1) is 12.2 Å². The van der Waals surface area contributed by atoms with Gasteiger partial charge >= 0.3 is 0 Å². The van der Waals surface area contributed by atoms with E-state index in [0.29, 0.717) is 19.4 Å². The van der Waals surface area contributed by atoms with E-state index < -0.39 is 0 Å². The number of benzene rings is 1. The number of pyridine rings is 1. The summed E-state index contributed by atoms with van der Waals surface area (Å²) in [7, 11) is 0. The van der Waals surface area contributed by atoms with Crippen LogP contribution < -0.4 is 14.8 Å². The number of aromatic nitrogens is 2. The largest absolute Gasteiger partial charge is 0.454 e. The Kier molecular flexibility index (Phi) is 4.31. The highest BCUT2D eigenvalue weighted by atomic mass is 79.9. The molecule has 0 saturated heterocycles. The van der Waals surface area contributed by atoms with E-state index in [1.54, 1.807) is 0 Å². The van der Waals surface area contributed by atoms with Crippen LogP contribution >= 0.6 is 15.9 Å². The maximum atomic E-state index is 12.1. The normalized spacial score (nSPS) is 12.5. The van der Waals surface area contributed by atoms with Crippen molar-refractivity contribution in [3.05, 3.63) is 58.5 Å². The van der Waals surface area contributed by atoms with Crippen molar-refractivity contribution in [2.75, 3.05) is 6.79 Å². The van der Waals surface area contributed by atoms with Gasteiger partial charge in [-0.15, -0.1) is 0 Å². The average molecular weight is 402 g/mol. The number of fused-ring (bicyclic) bond motifs is 2. The van der Waals surface area contributed by atoms with Crippen LogP contribution in [0, 0.1) is 0 Å². The van der Waals surface area contributed by atoms with Crippen LogP contribution in [0.25, 0.3) is 5.65 Å². The maximum Gasteiger partial charge on any atom is 0.231 e. The molecule has 3 heterocycles. The van der Waals surface area contributed by atoms with Crippen molar-refractivity contribution < 1.29 is 14.3 Å². The second kappa shape index (κ2) is 6.76. The SMILES string of the molecule is O=C(CCc1ccc2c(c1)OCO2)NCc1cn2cc(Br)ccc2n1. The fourth-order valence-corrected chi connectivity index (χ4v) is 3.09. The van der Waals surface area contributed by atoms with E-state index in [4.69, 9.17) is 9.47 Å². The van der Waals surface area contributed by atoms with Crippen molar-refractivity contribution in [1.82, 2.24) is 14.7 Å². The molecular weight excluding hydrogens is 386 g/mol. The minimum atomic E-state index is -0.00379. The van der Waals surface area contributed by atoms with E-state index in [0.717, 1.165) is 32.9 Å². The first-order valence-corrected chi connectivity index (χ1v) is 8.75. The number of amides is 1. The second-order valence-corrected chi connectivity index (χ2v) is 6.73. The van der Waals surface area contributed by atoms with Crippen LogP contribution in [0.2, 0.25) is 0 Å². The molecule has 0 atom stereocenters. The van der Waals surface area contributed by atoms with Gasteiger partial charge < -0.3 is 19.2 Å². The quantitative estimate of drug-likeness (QED) is 0.713. The lowest BCUT2D eigenvalue weighted by atomic mass is 10.1. The van der Waals surface area contributed by atoms with Crippen LogP contribution in [0.3, 0.4) is 0 Å². The number of hydrogen-bond donors (Lipinski definition) is 1. The van der Waals surface area contributed by atoms with Gasteiger partial charge in [-0.25, -0.2) is 4.98 Å². The van der Waals surface area contributed by atoms with Crippen LogP contribution in [0.4, 0.5) is 0 Å². The van der Waals surface area contributed by atoms with Crippen molar-refractivity contribution in [2.24, 2.45) is 0 Å². The predicted octanol–water partition coefficient (Wildman–Crippen LogP) is 3.07. The predicted molar refractivity (Wildman–Crippen MR) is 95.6 cm³/mol. The molecule has 25 heavy (non-hydrogen) atoms. The molecule has 128 valence electrons. The van der Waals surface area contributed by atoms with Crippen LogP contribution in [-0.2, 0) is 17.8 Å². The molecular formula is C18H16BrN3O3. The summed E-state index contributed by atoms with van der Waals surface area (Å²) in [6.07, 6.45) is 4.92. The standard InChI is InChI=1S/C18H16BrN3O3/c19-13-3-5-17-21-14(10-22(17)9-13)8-20-18(23)6-2-12-1-4-15-16(7-12)25-11-24-15/h1,3-5,7,9-10H,2,6,8,11H2,(H,20,23). The van der Waals surface area contributed by atoms with E-state index in [9.17, 15) is 4.79 Å². The molecule has 3 aromatic rings. The molecule has 6 nitrogen and oxygen atoms in total. The van der Waals surface area contributed by atoms with Gasteiger partial charge in [0.25, 0.3) is 0 Å². The lowest BCUT2D eigenvalue weighted by Crippen LogP contribution is -2.23. The Labute approximate surface area is 152 Å². The summed E-state index contributed by atoms with van der Waals surface area (Å²) in [5.74, 6) is 1.50. The molecule has 0 spiro atoms. The lowest BCUT2D eigenvalue weighted by Gasteiger charge is -2.04. The van der Waals surface area contributed by atoms with Gasteiger partial charge in [-0.3, -0.25) is 4.79 Å². The Morgan fingerprint density at radius 1 is 1.20 bits per heavy atom. The number of ether oxygens (including phenoxy) is 2. The fraction of sp³-hybridized carbons (Fsp3) is 0.222. The van der Waals surface area contributed by atoms with Gasteiger partial charge in [0.15, 0.2) is 11.5 Å². The zero-order chi connectivity index (χ0) is 17.2. The second-order valence-electron chi connectivity index (χ2n) is 5.81. The van der Waals surface area contributed by atoms with E-state index >= 15 is 0 Å². The zero-order valence-electron chi connectivity index (χ0n) is 13.4. The molecule has 1 N–H and O–H groups in total. The molecule has 2 aromatic heterocycles. The van der Waals surface area contributed by atoms with Gasteiger partial charge in [-0.05, 0) is 52.2 Å². The fourth-order valence-electron chi connectivity index (χ4n) is 2.73. The van der Waals surface area contributed by atoms with E-state index in [1.165, 1.54) is 0 Å². The molecule has 7 heteroatoms. The monoisotopic (exact) mass is 401 g/mol. The Hall–Kier alpha value is -2.54. The van der Waals surface area contributed by atoms with Gasteiger partial charge in [0.2, 0.25) is 12.7 Å². The third kappa shape index (κ3) is 3.61. The van der Waals surface area contributed by atoms with Crippen LogP contribution in [0.15, 0.2) is 47.2 Å². The van der Waals surface area contributed by atoms with E-state index in [1.807, 2.05) is 47.1 Å². The molecule has 0 unspecified atom stereocenters. The molecule has 0 radical (unpaired) electrons. The summed E-state index contributed by atoms with van der Waals surface area (Å²) in [4.78, 5) is 16.6. The molecule has 0 bridgehead atoms. The summed E-state index contributed by atoms with van der Waals surface area (Å²) in [6, 6.07) is 9.63.